The first kappa shape index (κ1) is 13.7. The zero-order valence-corrected chi connectivity index (χ0v) is 12.1. The molecule has 106 valence electrons. The lowest BCUT2D eigenvalue weighted by molar-refractivity contribution is -0.129. The number of nitrogens with one attached hydrogen (secondary N) is 1. The van der Waals surface area contributed by atoms with E-state index >= 15 is 0 Å². The number of carbonyl (C=O) groups excluding carboxylic acids is 1. The van der Waals surface area contributed by atoms with Gasteiger partial charge in [0.15, 0.2) is 0 Å². The van der Waals surface area contributed by atoms with Gasteiger partial charge in [-0.3, -0.25) is 10.0 Å². The van der Waals surface area contributed by atoms with Gasteiger partial charge in [0.25, 0.3) is 0 Å². The van der Waals surface area contributed by atoms with Crippen molar-refractivity contribution in [2.75, 3.05) is 0 Å². The van der Waals surface area contributed by atoms with Crippen LogP contribution in [0.15, 0.2) is 47.2 Å². The largest absolute Gasteiger partial charge is 0.289 e. The number of fused-ring (bicyclic) bond motifs is 1. The molecule has 0 spiro atoms. The zero-order chi connectivity index (χ0) is 14.7. The lowest BCUT2D eigenvalue weighted by Crippen LogP contribution is -2.18. The molecule has 0 unspecified atom stereocenters. The van der Waals surface area contributed by atoms with Gasteiger partial charge in [0.2, 0.25) is 5.91 Å². The Morgan fingerprint density at radius 2 is 2.14 bits per heavy atom. The van der Waals surface area contributed by atoms with Crippen LogP contribution in [0.2, 0.25) is 0 Å². The van der Waals surface area contributed by atoms with E-state index in [1.807, 2.05) is 41.8 Å². The molecule has 0 aliphatic heterocycles. The average molecular weight is 298 g/mol. The molecule has 3 rings (SSSR count). The molecule has 2 heterocycles. The van der Waals surface area contributed by atoms with E-state index in [1.165, 1.54) is 0 Å². The normalized spacial score (nSPS) is 10.7. The predicted molar refractivity (Wildman–Crippen MR) is 83.3 cm³/mol. The van der Waals surface area contributed by atoms with Crippen LogP contribution < -0.4 is 5.48 Å². The summed E-state index contributed by atoms with van der Waals surface area (Å²) in [5.41, 5.74) is 5.64. The molecule has 0 aliphatic rings. The summed E-state index contributed by atoms with van der Waals surface area (Å²) in [6, 6.07) is 12.0. The summed E-state index contributed by atoms with van der Waals surface area (Å²) in [4.78, 5) is 15.9. The molecule has 2 N–H and O–H groups in total. The Morgan fingerprint density at radius 1 is 1.29 bits per heavy atom. The van der Waals surface area contributed by atoms with Gasteiger partial charge in [-0.2, -0.15) is 11.3 Å². The van der Waals surface area contributed by atoms with E-state index in [0.717, 1.165) is 27.7 Å². The maximum atomic E-state index is 11.3. The molecular weight excluding hydrogens is 284 g/mol. The lowest BCUT2D eigenvalue weighted by Gasteiger charge is -2.08. The standard InChI is InChI=1S/C16H14N2O2S/c19-16(18-20)6-5-11-9-15(12-7-8-21-10-12)17-14-4-2-1-3-13(11)14/h1-4,7-10,20H,5-6H2,(H,18,19). The highest BCUT2D eigenvalue weighted by molar-refractivity contribution is 7.08. The molecular formula is C16H14N2O2S. The molecule has 2 aromatic heterocycles. The molecule has 21 heavy (non-hydrogen) atoms. The molecule has 1 amide bonds. The van der Waals surface area contributed by atoms with Crippen LogP contribution in [0.3, 0.4) is 0 Å². The van der Waals surface area contributed by atoms with Crippen molar-refractivity contribution in [2.45, 2.75) is 12.8 Å². The van der Waals surface area contributed by atoms with Crippen molar-refractivity contribution < 1.29 is 10.0 Å². The number of nitrogens with zero attached hydrogens (tertiary/aromatic N) is 1. The molecule has 0 radical (unpaired) electrons. The van der Waals surface area contributed by atoms with E-state index in [0.29, 0.717) is 6.42 Å². The number of amides is 1. The highest BCUT2D eigenvalue weighted by atomic mass is 32.1. The predicted octanol–water partition coefficient (Wildman–Crippen LogP) is 3.40. The van der Waals surface area contributed by atoms with Crippen molar-refractivity contribution in [1.29, 1.82) is 0 Å². The van der Waals surface area contributed by atoms with E-state index in [4.69, 9.17) is 5.21 Å². The topological polar surface area (TPSA) is 62.2 Å². The number of hydrogen-bond acceptors (Lipinski definition) is 4. The van der Waals surface area contributed by atoms with Crippen LogP contribution in [-0.4, -0.2) is 16.1 Å². The quantitative estimate of drug-likeness (QED) is 0.573. The SMILES string of the molecule is O=C(CCc1cc(-c2ccsc2)nc2ccccc12)NO. The fourth-order valence-electron chi connectivity index (χ4n) is 2.32. The van der Waals surface area contributed by atoms with Crippen LogP contribution in [0.1, 0.15) is 12.0 Å². The number of hydrogen-bond donors (Lipinski definition) is 2. The summed E-state index contributed by atoms with van der Waals surface area (Å²) < 4.78 is 0. The number of aryl methyl sites for hydroxylation is 1. The van der Waals surface area contributed by atoms with Gasteiger partial charge < -0.3 is 0 Å². The summed E-state index contributed by atoms with van der Waals surface area (Å²) >= 11 is 1.63. The first-order chi connectivity index (χ1) is 10.3. The van der Waals surface area contributed by atoms with Crippen LogP contribution >= 0.6 is 11.3 Å². The number of carbonyl (C=O) groups is 1. The summed E-state index contributed by atoms with van der Waals surface area (Å²) in [5, 5.41) is 13.7. The molecule has 4 nitrogen and oxygen atoms in total. The van der Waals surface area contributed by atoms with Gasteiger partial charge in [0.1, 0.15) is 0 Å². The number of hydroxylamine groups is 1. The summed E-state index contributed by atoms with van der Waals surface area (Å²) in [7, 11) is 0. The van der Waals surface area contributed by atoms with Crippen molar-refractivity contribution in [3.8, 4) is 11.3 Å². The number of para-hydroxylation sites is 1. The van der Waals surface area contributed by atoms with Gasteiger partial charge >= 0.3 is 0 Å². The van der Waals surface area contributed by atoms with Gasteiger partial charge in [-0.1, -0.05) is 18.2 Å². The second-order valence-electron chi connectivity index (χ2n) is 4.73. The number of aromatic nitrogens is 1. The Balaban J connectivity index is 2.05. The van der Waals surface area contributed by atoms with Crippen LogP contribution in [-0.2, 0) is 11.2 Å². The van der Waals surface area contributed by atoms with E-state index in [-0.39, 0.29) is 12.3 Å². The molecule has 0 aliphatic carbocycles. The van der Waals surface area contributed by atoms with Crippen molar-refractivity contribution in [2.24, 2.45) is 0 Å². The third-order valence-corrected chi connectivity index (χ3v) is 4.05. The zero-order valence-electron chi connectivity index (χ0n) is 11.2. The monoisotopic (exact) mass is 298 g/mol. The first-order valence-corrected chi connectivity index (χ1v) is 7.56. The van der Waals surface area contributed by atoms with Gasteiger partial charge in [-0.15, -0.1) is 0 Å². The second kappa shape index (κ2) is 6.03. The molecule has 0 saturated heterocycles. The van der Waals surface area contributed by atoms with E-state index in [2.05, 4.69) is 10.4 Å². The summed E-state index contributed by atoms with van der Waals surface area (Å²) in [6.45, 7) is 0. The number of rotatable bonds is 4. The van der Waals surface area contributed by atoms with Crippen LogP contribution in [0.25, 0.3) is 22.2 Å². The van der Waals surface area contributed by atoms with Crippen LogP contribution in [0, 0.1) is 0 Å². The first-order valence-electron chi connectivity index (χ1n) is 6.62. The molecule has 5 heteroatoms. The Kier molecular flexibility index (Phi) is 3.94. The van der Waals surface area contributed by atoms with Gasteiger partial charge in [-0.05, 0) is 35.6 Å². The lowest BCUT2D eigenvalue weighted by atomic mass is 10.0. The number of thiophene rings is 1. The van der Waals surface area contributed by atoms with Crippen molar-refractivity contribution in [3.63, 3.8) is 0 Å². The maximum Gasteiger partial charge on any atom is 0.243 e. The van der Waals surface area contributed by atoms with Crippen molar-refractivity contribution >= 4 is 28.1 Å². The van der Waals surface area contributed by atoms with Gasteiger partial charge in [-0.25, -0.2) is 10.5 Å². The van der Waals surface area contributed by atoms with E-state index in [1.54, 1.807) is 16.8 Å². The van der Waals surface area contributed by atoms with Crippen molar-refractivity contribution in [3.05, 3.63) is 52.7 Å². The summed E-state index contributed by atoms with van der Waals surface area (Å²) in [6.07, 6.45) is 0.806. The third-order valence-electron chi connectivity index (χ3n) is 3.36. The van der Waals surface area contributed by atoms with Crippen LogP contribution in [0.5, 0.6) is 0 Å². The Hall–Kier alpha value is -2.24. The average Bonchev–Trinajstić information content (AvgIpc) is 3.06. The molecule has 3 aromatic rings. The molecule has 0 saturated carbocycles. The molecule has 1 aromatic carbocycles. The fraction of sp³-hybridized carbons (Fsp3) is 0.125. The highest BCUT2D eigenvalue weighted by Gasteiger charge is 2.09. The Bertz CT molecular complexity index is 769. The van der Waals surface area contributed by atoms with Crippen LogP contribution in [0.4, 0.5) is 0 Å². The fourth-order valence-corrected chi connectivity index (χ4v) is 2.97. The molecule has 0 fully saturated rings. The Morgan fingerprint density at radius 3 is 2.90 bits per heavy atom. The minimum Gasteiger partial charge on any atom is -0.289 e. The second-order valence-corrected chi connectivity index (χ2v) is 5.51. The molecule has 0 bridgehead atoms. The van der Waals surface area contributed by atoms with Gasteiger partial charge in [0.05, 0.1) is 11.2 Å². The van der Waals surface area contributed by atoms with Gasteiger partial charge in [0, 0.05) is 22.8 Å². The Labute approximate surface area is 126 Å². The highest BCUT2D eigenvalue weighted by Crippen LogP contribution is 2.26. The number of benzene rings is 1. The van der Waals surface area contributed by atoms with E-state index < -0.39 is 0 Å². The minimum absolute atomic E-state index is 0.244. The minimum atomic E-state index is -0.382. The number of pyridine rings is 1. The van der Waals surface area contributed by atoms with Crippen molar-refractivity contribution in [1.82, 2.24) is 10.5 Å². The summed E-state index contributed by atoms with van der Waals surface area (Å²) in [5.74, 6) is -0.382. The maximum absolute atomic E-state index is 11.3. The van der Waals surface area contributed by atoms with E-state index in [9.17, 15) is 4.79 Å². The molecule has 0 atom stereocenters. The smallest absolute Gasteiger partial charge is 0.243 e. The third kappa shape index (κ3) is 2.94.